The number of carboxylic acid groups (broad SMARTS) is 1. The van der Waals surface area contributed by atoms with E-state index in [9.17, 15) is 14.7 Å². The van der Waals surface area contributed by atoms with E-state index in [1.54, 1.807) is 0 Å². The number of amides is 1. The summed E-state index contributed by atoms with van der Waals surface area (Å²) in [4.78, 5) is 32.7. The zero-order chi connectivity index (χ0) is 28.0. The van der Waals surface area contributed by atoms with Crippen molar-refractivity contribution in [3.63, 3.8) is 0 Å². The number of aromatic nitrogens is 1. The number of carbonyl (C=O) groups is 2. The normalized spacial score (nSPS) is 16.6. The molecule has 1 unspecified atom stereocenters. The number of quaternary nitrogens is 1. The van der Waals surface area contributed by atoms with Crippen molar-refractivity contribution in [1.29, 1.82) is 0 Å². The van der Waals surface area contributed by atoms with Crippen LogP contribution >= 0.6 is 22.9 Å². The SMILES string of the molecule is O=CNc1nc(C(=NOC[N+]2(C(c3ccccc3)(c3ccccc3)c3ccccc3)N=CN=N2)C(=O)O)c(Cl)s1. The molecule has 1 aliphatic rings. The van der Waals surface area contributed by atoms with E-state index >= 15 is 0 Å². The molecular formula is C27H21ClN7O4S+. The van der Waals surface area contributed by atoms with Gasteiger partial charge in [0.1, 0.15) is 10.0 Å². The number of oxime groups is 1. The molecule has 2 heterocycles. The van der Waals surface area contributed by atoms with Crippen molar-refractivity contribution in [2.45, 2.75) is 5.54 Å². The van der Waals surface area contributed by atoms with Crippen molar-refractivity contribution in [1.82, 2.24) is 4.98 Å². The first kappa shape index (κ1) is 26.8. The van der Waals surface area contributed by atoms with E-state index in [0.29, 0.717) is 6.41 Å². The Labute approximate surface area is 237 Å². The maximum Gasteiger partial charge on any atom is 0.360 e. The number of hydrogen-bond donors (Lipinski definition) is 2. The third-order valence-electron chi connectivity index (χ3n) is 6.19. The summed E-state index contributed by atoms with van der Waals surface area (Å²) in [5.74, 6) is -1.43. The Bertz CT molecular complexity index is 1490. The summed E-state index contributed by atoms with van der Waals surface area (Å²) < 4.78 is -0.478. The van der Waals surface area contributed by atoms with Gasteiger partial charge in [0.2, 0.25) is 24.0 Å². The van der Waals surface area contributed by atoms with Gasteiger partial charge in [-0.1, -0.05) is 124 Å². The van der Waals surface area contributed by atoms with Crippen molar-refractivity contribution in [3.05, 3.63) is 118 Å². The Morgan fingerprint density at radius 1 is 1.00 bits per heavy atom. The molecule has 3 aromatic carbocycles. The third-order valence-corrected chi connectivity index (χ3v) is 7.38. The highest BCUT2D eigenvalue weighted by Gasteiger charge is 2.60. The molecule has 2 N–H and O–H groups in total. The predicted molar refractivity (Wildman–Crippen MR) is 150 cm³/mol. The van der Waals surface area contributed by atoms with E-state index in [1.165, 1.54) is 6.34 Å². The number of nitrogens with one attached hydrogen (secondary N) is 1. The topological polar surface area (TPSA) is 138 Å². The van der Waals surface area contributed by atoms with Crippen LogP contribution in [0.2, 0.25) is 4.34 Å². The summed E-state index contributed by atoms with van der Waals surface area (Å²) in [5, 5.41) is 29.5. The highest BCUT2D eigenvalue weighted by molar-refractivity contribution is 7.20. The fraction of sp³-hybridized carbons (Fsp3) is 0.0741. The second-order valence-electron chi connectivity index (χ2n) is 8.38. The number of aliphatic carboxylic acids is 1. The van der Waals surface area contributed by atoms with Gasteiger partial charge in [-0.2, -0.15) is 0 Å². The van der Waals surface area contributed by atoms with E-state index in [2.05, 4.69) is 30.9 Å². The molecule has 13 heteroatoms. The van der Waals surface area contributed by atoms with Crippen LogP contribution < -0.4 is 5.32 Å². The van der Waals surface area contributed by atoms with Crippen LogP contribution in [0.5, 0.6) is 0 Å². The molecule has 0 aliphatic carbocycles. The monoisotopic (exact) mass is 574 g/mol. The molecule has 5 rings (SSSR count). The van der Waals surface area contributed by atoms with E-state index in [4.69, 9.17) is 16.4 Å². The number of carboxylic acids is 1. The maximum absolute atomic E-state index is 12.1. The van der Waals surface area contributed by atoms with Crippen LogP contribution in [0.1, 0.15) is 22.4 Å². The van der Waals surface area contributed by atoms with Gasteiger partial charge in [-0.15, -0.1) is 0 Å². The summed E-state index contributed by atoms with van der Waals surface area (Å²) >= 11 is 7.10. The number of hydrogen-bond acceptors (Lipinski definition) is 9. The minimum Gasteiger partial charge on any atom is -0.476 e. The number of thiazole rings is 1. The summed E-state index contributed by atoms with van der Waals surface area (Å²) in [6, 6.07) is 29.0. The molecule has 0 bridgehead atoms. The van der Waals surface area contributed by atoms with Gasteiger partial charge in [0.15, 0.2) is 5.13 Å². The lowest BCUT2D eigenvalue weighted by Crippen LogP contribution is -2.57. The first-order valence-corrected chi connectivity index (χ1v) is 13.0. The molecule has 0 saturated carbocycles. The highest BCUT2D eigenvalue weighted by Crippen LogP contribution is 2.49. The first-order valence-electron chi connectivity index (χ1n) is 11.8. The van der Waals surface area contributed by atoms with Gasteiger partial charge in [0.25, 0.3) is 6.73 Å². The Balaban J connectivity index is 1.66. The maximum atomic E-state index is 12.1. The lowest BCUT2D eigenvalue weighted by Gasteiger charge is -2.41. The van der Waals surface area contributed by atoms with Gasteiger partial charge in [-0.3, -0.25) is 4.79 Å². The molecule has 1 aromatic heterocycles. The van der Waals surface area contributed by atoms with Gasteiger partial charge in [-0.25, -0.2) is 9.78 Å². The van der Waals surface area contributed by atoms with Crippen LogP contribution in [0.4, 0.5) is 5.13 Å². The van der Waals surface area contributed by atoms with Gasteiger partial charge >= 0.3 is 5.97 Å². The predicted octanol–water partition coefficient (Wildman–Crippen LogP) is 5.26. The molecule has 0 radical (unpaired) electrons. The zero-order valence-corrected chi connectivity index (χ0v) is 22.2. The Morgan fingerprint density at radius 2 is 1.55 bits per heavy atom. The van der Waals surface area contributed by atoms with Crippen LogP contribution in [-0.2, 0) is 20.0 Å². The number of benzene rings is 3. The second kappa shape index (κ2) is 11.5. The summed E-state index contributed by atoms with van der Waals surface area (Å²) in [5.41, 5.74) is 0.694. The smallest absolute Gasteiger partial charge is 0.360 e. The number of rotatable bonds is 11. The average molecular weight is 575 g/mol. The summed E-state index contributed by atoms with van der Waals surface area (Å²) in [7, 11) is 0. The molecule has 11 nitrogen and oxygen atoms in total. The lowest BCUT2D eigenvalue weighted by atomic mass is 9.76. The fourth-order valence-corrected chi connectivity index (χ4v) is 5.63. The van der Waals surface area contributed by atoms with Crippen LogP contribution in [-0.4, -0.2) is 46.0 Å². The Kier molecular flexibility index (Phi) is 7.73. The molecule has 1 atom stereocenters. The minimum absolute atomic E-state index is 0.0177. The molecule has 0 spiro atoms. The number of halogens is 1. The molecule has 1 amide bonds. The minimum atomic E-state index is -1.43. The lowest BCUT2D eigenvalue weighted by molar-refractivity contribution is -1.00. The van der Waals surface area contributed by atoms with Crippen LogP contribution in [0.15, 0.2) is 112 Å². The number of anilines is 1. The van der Waals surface area contributed by atoms with Crippen molar-refractivity contribution >= 4 is 52.5 Å². The van der Waals surface area contributed by atoms with Gasteiger partial charge in [0, 0.05) is 16.7 Å². The zero-order valence-electron chi connectivity index (χ0n) is 20.7. The number of carbonyl (C=O) groups excluding carboxylic acids is 1. The Hall–Kier alpha value is -4.78. The van der Waals surface area contributed by atoms with Gasteiger partial charge < -0.3 is 15.3 Å². The Morgan fingerprint density at radius 3 is 2.00 bits per heavy atom. The van der Waals surface area contributed by atoms with Crippen molar-refractivity contribution in [2.24, 2.45) is 20.6 Å². The van der Waals surface area contributed by atoms with Crippen molar-refractivity contribution in [2.75, 3.05) is 12.0 Å². The molecule has 4 aromatic rings. The second-order valence-corrected chi connectivity index (χ2v) is 9.98. The molecular weight excluding hydrogens is 554 g/mol. The van der Waals surface area contributed by atoms with E-state index in [1.807, 2.05) is 91.0 Å². The van der Waals surface area contributed by atoms with Gasteiger partial charge in [0.05, 0.1) is 5.22 Å². The van der Waals surface area contributed by atoms with Crippen LogP contribution in [0.25, 0.3) is 0 Å². The quantitative estimate of drug-likeness (QED) is 0.0827. The molecule has 0 fully saturated rings. The molecule has 0 saturated heterocycles. The highest BCUT2D eigenvalue weighted by atomic mass is 35.5. The van der Waals surface area contributed by atoms with Crippen LogP contribution in [0, 0.1) is 0 Å². The third kappa shape index (κ3) is 4.75. The average Bonchev–Trinajstić information content (AvgIpc) is 3.60. The van der Waals surface area contributed by atoms with Gasteiger partial charge in [-0.05, 0) is 9.80 Å². The number of nitrogens with zero attached hydrogens (tertiary/aromatic N) is 6. The fourth-order valence-electron chi connectivity index (χ4n) is 4.63. The standard InChI is InChI=1S/C27H20ClN7O4S/c28-24-22(32-26(40-24)29-17-36)23(25(37)38)33-39-18-35(31-16-30-34-35)27(19-10-4-1-5-11-19,20-12-6-2-7-13-20)21-14-8-3-9-15-21/h1-17H,18H2,(H-,29,32,36,37,38)/p+1. The van der Waals surface area contributed by atoms with Crippen molar-refractivity contribution < 1.29 is 24.2 Å². The van der Waals surface area contributed by atoms with E-state index < -0.39 is 21.9 Å². The largest absolute Gasteiger partial charge is 0.476 e. The van der Waals surface area contributed by atoms with Crippen LogP contribution in [0.3, 0.4) is 0 Å². The first-order chi connectivity index (χ1) is 19.5. The molecule has 200 valence electrons. The van der Waals surface area contributed by atoms with Crippen molar-refractivity contribution in [3.8, 4) is 0 Å². The van der Waals surface area contributed by atoms with E-state index in [0.717, 1.165) is 28.0 Å². The summed E-state index contributed by atoms with van der Waals surface area (Å²) in [6.45, 7) is -0.351. The summed E-state index contributed by atoms with van der Waals surface area (Å²) in [6.07, 6.45) is 1.73. The molecule has 1 aliphatic heterocycles. The molecule has 40 heavy (non-hydrogen) atoms. The van der Waals surface area contributed by atoms with E-state index in [-0.39, 0.29) is 21.9 Å².